The lowest BCUT2D eigenvalue weighted by Gasteiger charge is -2.45. The maximum absolute atomic E-state index is 5.97. The molecule has 1 aliphatic rings. The van der Waals surface area contributed by atoms with Crippen molar-refractivity contribution in [3.63, 3.8) is 0 Å². The largest absolute Gasteiger partial charge is 0.463 e. The lowest BCUT2D eigenvalue weighted by atomic mass is 9.68. The Hall–Kier alpha value is -0.800. The molecule has 0 amide bonds. The van der Waals surface area contributed by atoms with E-state index in [0.29, 0.717) is 5.41 Å². The average molecular weight is 308 g/mol. The zero-order valence-electron chi connectivity index (χ0n) is 14.9. The maximum atomic E-state index is 5.97. The molecular formula is C19H34NO2+. The van der Waals surface area contributed by atoms with Gasteiger partial charge >= 0.3 is 0 Å². The molecule has 1 aliphatic heterocycles. The third-order valence-corrected chi connectivity index (χ3v) is 4.98. The molecule has 0 unspecified atom stereocenters. The monoisotopic (exact) mass is 308 g/mol. The SMILES string of the molecule is CC(C)CC[C@@]1(CC[NH2+]Cc2ccco2)CCOC(C)(C)C1. The lowest BCUT2D eigenvalue weighted by Crippen LogP contribution is -2.83. The fourth-order valence-corrected chi connectivity index (χ4v) is 3.81. The summed E-state index contributed by atoms with van der Waals surface area (Å²) in [6.07, 6.45) is 8.13. The second kappa shape index (κ2) is 7.65. The van der Waals surface area contributed by atoms with Crippen LogP contribution in [0.2, 0.25) is 0 Å². The van der Waals surface area contributed by atoms with Crippen LogP contribution in [-0.4, -0.2) is 18.8 Å². The average Bonchev–Trinajstić information content (AvgIpc) is 2.94. The first-order valence-corrected chi connectivity index (χ1v) is 8.89. The highest BCUT2D eigenvalue weighted by molar-refractivity contribution is 4.95. The molecule has 0 radical (unpaired) electrons. The van der Waals surface area contributed by atoms with Gasteiger partial charge in [-0.25, -0.2) is 0 Å². The van der Waals surface area contributed by atoms with Crippen LogP contribution in [-0.2, 0) is 11.3 Å². The molecule has 0 saturated carbocycles. The molecule has 3 nitrogen and oxygen atoms in total. The van der Waals surface area contributed by atoms with Crippen LogP contribution in [0.15, 0.2) is 22.8 Å². The van der Waals surface area contributed by atoms with E-state index in [0.717, 1.165) is 24.8 Å². The Labute approximate surface area is 135 Å². The minimum atomic E-state index is 0.0379. The Morgan fingerprint density at radius 2 is 2.09 bits per heavy atom. The molecule has 126 valence electrons. The van der Waals surface area contributed by atoms with E-state index in [4.69, 9.17) is 9.15 Å². The van der Waals surface area contributed by atoms with E-state index >= 15 is 0 Å². The van der Waals surface area contributed by atoms with Gasteiger partial charge in [0.1, 0.15) is 6.54 Å². The molecule has 0 aromatic carbocycles. The van der Waals surface area contributed by atoms with Gasteiger partial charge in [-0.2, -0.15) is 0 Å². The highest BCUT2D eigenvalue weighted by Gasteiger charge is 2.40. The molecule has 2 N–H and O–H groups in total. The van der Waals surface area contributed by atoms with E-state index in [-0.39, 0.29) is 5.60 Å². The van der Waals surface area contributed by atoms with Crippen LogP contribution < -0.4 is 5.32 Å². The second-order valence-corrected chi connectivity index (χ2v) is 8.08. The van der Waals surface area contributed by atoms with Gasteiger partial charge in [-0.1, -0.05) is 20.3 Å². The molecule has 2 rings (SSSR count). The van der Waals surface area contributed by atoms with Crippen LogP contribution in [0.3, 0.4) is 0 Å². The van der Waals surface area contributed by atoms with Crippen molar-refractivity contribution in [1.29, 1.82) is 0 Å². The summed E-state index contributed by atoms with van der Waals surface area (Å²) >= 11 is 0. The van der Waals surface area contributed by atoms with Crippen LogP contribution in [0, 0.1) is 11.3 Å². The zero-order chi connectivity index (χ0) is 16.1. The summed E-state index contributed by atoms with van der Waals surface area (Å²) in [4.78, 5) is 0. The molecule has 0 spiro atoms. The summed E-state index contributed by atoms with van der Waals surface area (Å²) in [6, 6.07) is 4.02. The number of hydrogen-bond donors (Lipinski definition) is 1. The quantitative estimate of drug-likeness (QED) is 0.743. The van der Waals surface area contributed by atoms with E-state index in [2.05, 4.69) is 39.1 Å². The van der Waals surface area contributed by atoms with Crippen molar-refractivity contribution in [2.75, 3.05) is 13.2 Å². The third-order valence-electron chi connectivity index (χ3n) is 4.98. The van der Waals surface area contributed by atoms with E-state index in [1.165, 1.54) is 38.6 Å². The highest BCUT2D eigenvalue weighted by atomic mass is 16.5. The molecule has 2 heterocycles. The first-order chi connectivity index (χ1) is 10.4. The van der Waals surface area contributed by atoms with Gasteiger partial charge in [0.25, 0.3) is 0 Å². The number of nitrogens with two attached hydrogens (primary N) is 1. The van der Waals surface area contributed by atoms with Gasteiger partial charge in [-0.3, -0.25) is 0 Å². The molecular weight excluding hydrogens is 274 g/mol. The second-order valence-electron chi connectivity index (χ2n) is 8.08. The highest BCUT2D eigenvalue weighted by Crippen LogP contribution is 2.45. The molecule has 1 atom stereocenters. The van der Waals surface area contributed by atoms with Gasteiger partial charge in [0.2, 0.25) is 0 Å². The topological polar surface area (TPSA) is 39.0 Å². The van der Waals surface area contributed by atoms with Crippen molar-refractivity contribution in [2.45, 2.75) is 71.9 Å². The Morgan fingerprint density at radius 1 is 1.27 bits per heavy atom. The number of ether oxygens (including phenoxy) is 1. The van der Waals surface area contributed by atoms with Gasteiger partial charge in [-0.15, -0.1) is 0 Å². The molecule has 1 saturated heterocycles. The predicted molar refractivity (Wildman–Crippen MR) is 89.6 cm³/mol. The smallest absolute Gasteiger partial charge is 0.157 e. The molecule has 22 heavy (non-hydrogen) atoms. The van der Waals surface area contributed by atoms with Gasteiger partial charge < -0.3 is 14.5 Å². The van der Waals surface area contributed by atoms with Gasteiger partial charge in [0.05, 0.1) is 18.4 Å². The Balaban J connectivity index is 1.86. The molecule has 1 aromatic rings. The number of furan rings is 1. The summed E-state index contributed by atoms with van der Waals surface area (Å²) in [5.41, 5.74) is 0.502. The molecule has 1 aromatic heterocycles. The minimum Gasteiger partial charge on any atom is -0.463 e. The first-order valence-electron chi connectivity index (χ1n) is 8.89. The standard InChI is InChI=1S/C19H33NO2/c1-16(2)7-8-19(10-13-22-18(3,4)15-19)9-11-20-14-17-6-5-12-21-17/h5-6,12,16,20H,7-11,13-15H2,1-4H3/p+1/t19-/m1/s1. The van der Waals surface area contributed by atoms with Crippen molar-refractivity contribution < 1.29 is 14.5 Å². The third kappa shape index (κ3) is 5.44. The molecule has 1 fully saturated rings. The Bertz CT molecular complexity index is 425. The van der Waals surface area contributed by atoms with Crippen molar-refractivity contribution in [1.82, 2.24) is 0 Å². The van der Waals surface area contributed by atoms with Gasteiger partial charge in [0, 0.05) is 13.0 Å². The van der Waals surface area contributed by atoms with E-state index in [1.54, 1.807) is 6.26 Å². The van der Waals surface area contributed by atoms with Crippen molar-refractivity contribution in [2.24, 2.45) is 11.3 Å². The number of quaternary nitrogens is 1. The van der Waals surface area contributed by atoms with E-state index in [9.17, 15) is 0 Å². The van der Waals surface area contributed by atoms with Crippen LogP contribution in [0.4, 0.5) is 0 Å². The fraction of sp³-hybridized carbons (Fsp3) is 0.789. The summed E-state index contributed by atoms with van der Waals surface area (Å²) in [7, 11) is 0. The van der Waals surface area contributed by atoms with Crippen LogP contribution in [0.5, 0.6) is 0 Å². The summed E-state index contributed by atoms with van der Waals surface area (Å²) < 4.78 is 11.4. The van der Waals surface area contributed by atoms with Crippen molar-refractivity contribution >= 4 is 0 Å². The Morgan fingerprint density at radius 3 is 2.73 bits per heavy atom. The van der Waals surface area contributed by atoms with E-state index in [1.807, 2.05) is 6.07 Å². The predicted octanol–water partition coefficient (Wildman–Crippen LogP) is 3.74. The minimum absolute atomic E-state index is 0.0379. The van der Waals surface area contributed by atoms with E-state index < -0.39 is 0 Å². The maximum Gasteiger partial charge on any atom is 0.157 e. The van der Waals surface area contributed by atoms with Crippen molar-refractivity contribution in [3.05, 3.63) is 24.2 Å². The van der Waals surface area contributed by atoms with Crippen LogP contribution in [0.25, 0.3) is 0 Å². The van der Waals surface area contributed by atoms with Crippen LogP contribution >= 0.6 is 0 Å². The summed E-state index contributed by atoms with van der Waals surface area (Å²) in [5.74, 6) is 1.86. The molecule has 0 bridgehead atoms. The molecule has 3 heteroatoms. The van der Waals surface area contributed by atoms with Crippen molar-refractivity contribution in [3.8, 4) is 0 Å². The normalized spacial score (nSPS) is 24.8. The summed E-state index contributed by atoms with van der Waals surface area (Å²) in [6.45, 7) is 12.2. The van der Waals surface area contributed by atoms with Crippen LogP contribution in [0.1, 0.15) is 65.6 Å². The summed E-state index contributed by atoms with van der Waals surface area (Å²) in [5, 5.41) is 2.39. The fourth-order valence-electron chi connectivity index (χ4n) is 3.81. The molecule has 0 aliphatic carbocycles. The Kier molecular flexibility index (Phi) is 6.10. The van der Waals surface area contributed by atoms with Gasteiger partial charge in [0.15, 0.2) is 5.76 Å². The first kappa shape index (κ1) is 17.6. The number of rotatable bonds is 8. The number of hydrogen-bond acceptors (Lipinski definition) is 2. The lowest BCUT2D eigenvalue weighted by molar-refractivity contribution is -0.674. The van der Waals surface area contributed by atoms with Gasteiger partial charge in [-0.05, 0) is 56.6 Å². The zero-order valence-corrected chi connectivity index (χ0v) is 14.9.